The standard InChI is InChI=1S/C14H12N4/c1-18-10-13-11(9-15-18)7-8-14(13)17-16-12-5-3-2-4-6-12/h2-10H,1H3. The Morgan fingerprint density at radius 1 is 1.00 bits per heavy atom. The third kappa shape index (κ3) is 2.00. The highest BCUT2D eigenvalue weighted by molar-refractivity contribution is 5.78. The van der Waals surface area contributed by atoms with Crippen molar-refractivity contribution in [2.75, 3.05) is 0 Å². The van der Waals surface area contributed by atoms with Crippen LogP contribution in [0.4, 0.5) is 11.4 Å². The number of hydrogen-bond acceptors (Lipinski definition) is 3. The van der Waals surface area contributed by atoms with Crippen molar-refractivity contribution in [2.45, 2.75) is 0 Å². The number of benzene rings is 1. The van der Waals surface area contributed by atoms with E-state index in [0.29, 0.717) is 0 Å². The first-order valence-corrected chi connectivity index (χ1v) is 5.71. The molecule has 0 bridgehead atoms. The van der Waals surface area contributed by atoms with Gasteiger partial charge in [-0.3, -0.25) is 4.68 Å². The SMILES string of the molecule is Cn1cc2c(N=Nc3ccccc3)ccc-2cn1. The molecule has 1 aliphatic carbocycles. The molecule has 1 aromatic carbocycles. The summed E-state index contributed by atoms with van der Waals surface area (Å²) in [6, 6.07) is 13.7. The summed E-state index contributed by atoms with van der Waals surface area (Å²) in [6.07, 6.45) is 3.78. The molecule has 0 amide bonds. The number of nitrogens with zero attached hydrogens (tertiary/aromatic N) is 4. The summed E-state index contributed by atoms with van der Waals surface area (Å²) < 4.78 is 1.77. The largest absolute Gasteiger partial charge is 0.275 e. The number of rotatable bonds is 2. The van der Waals surface area contributed by atoms with Crippen LogP contribution in [0.1, 0.15) is 0 Å². The Bertz CT molecular complexity index is 655. The van der Waals surface area contributed by atoms with Crippen molar-refractivity contribution in [2.24, 2.45) is 17.3 Å². The van der Waals surface area contributed by atoms with Crippen molar-refractivity contribution in [3.05, 3.63) is 54.9 Å². The first-order chi connectivity index (χ1) is 8.83. The lowest BCUT2D eigenvalue weighted by Gasteiger charge is -2.02. The van der Waals surface area contributed by atoms with E-state index in [1.165, 1.54) is 0 Å². The van der Waals surface area contributed by atoms with Gasteiger partial charge in [0.05, 0.1) is 17.6 Å². The Labute approximate surface area is 105 Å². The third-order valence-corrected chi connectivity index (χ3v) is 2.73. The average Bonchev–Trinajstić information content (AvgIpc) is 2.80. The minimum absolute atomic E-state index is 0.852. The second kappa shape index (κ2) is 4.41. The van der Waals surface area contributed by atoms with Crippen LogP contribution in [0.2, 0.25) is 0 Å². The molecule has 0 atom stereocenters. The monoisotopic (exact) mass is 236 g/mol. The number of fused-ring (bicyclic) bond motifs is 1. The molecular formula is C14H12N4. The summed E-state index contributed by atoms with van der Waals surface area (Å²) in [5, 5.41) is 12.7. The number of azo groups is 1. The molecule has 0 fully saturated rings. The molecule has 1 aromatic rings. The van der Waals surface area contributed by atoms with Crippen LogP contribution in [-0.4, -0.2) is 9.78 Å². The molecule has 1 aliphatic heterocycles. The molecule has 2 aliphatic rings. The van der Waals surface area contributed by atoms with Gasteiger partial charge in [-0.25, -0.2) is 0 Å². The van der Waals surface area contributed by atoms with Crippen LogP contribution in [0.5, 0.6) is 0 Å². The van der Waals surface area contributed by atoms with Gasteiger partial charge >= 0.3 is 0 Å². The molecule has 0 radical (unpaired) electrons. The summed E-state index contributed by atoms with van der Waals surface area (Å²) in [6.45, 7) is 0. The maximum atomic E-state index is 4.29. The maximum Gasteiger partial charge on any atom is 0.0951 e. The minimum Gasteiger partial charge on any atom is -0.275 e. The summed E-state index contributed by atoms with van der Waals surface area (Å²) >= 11 is 0. The molecule has 0 aromatic heterocycles. The summed E-state index contributed by atoms with van der Waals surface area (Å²) in [4.78, 5) is 0. The lowest BCUT2D eigenvalue weighted by molar-refractivity contribution is 0.740. The molecule has 0 spiro atoms. The highest BCUT2D eigenvalue weighted by atomic mass is 15.2. The Hall–Kier alpha value is -2.49. The van der Waals surface area contributed by atoms with Crippen molar-refractivity contribution in [3.63, 3.8) is 0 Å². The molecule has 4 nitrogen and oxygen atoms in total. The molecule has 88 valence electrons. The molecule has 0 unspecified atom stereocenters. The summed E-state index contributed by atoms with van der Waals surface area (Å²) in [7, 11) is 1.89. The van der Waals surface area contributed by atoms with Crippen LogP contribution in [0.25, 0.3) is 11.1 Å². The van der Waals surface area contributed by atoms with Gasteiger partial charge in [0, 0.05) is 24.4 Å². The van der Waals surface area contributed by atoms with Crippen molar-refractivity contribution >= 4 is 11.4 Å². The molecule has 0 saturated heterocycles. The fourth-order valence-corrected chi connectivity index (χ4v) is 1.82. The highest BCUT2D eigenvalue weighted by Crippen LogP contribution is 2.34. The van der Waals surface area contributed by atoms with Gasteiger partial charge in [-0.2, -0.15) is 10.2 Å². The Kier molecular flexibility index (Phi) is 2.61. The zero-order chi connectivity index (χ0) is 12.4. The van der Waals surface area contributed by atoms with Crippen LogP contribution in [0.15, 0.2) is 65.1 Å². The van der Waals surface area contributed by atoms with E-state index < -0.39 is 0 Å². The van der Waals surface area contributed by atoms with Gasteiger partial charge in [0.1, 0.15) is 0 Å². The second-order valence-electron chi connectivity index (χ2n) is 4.07. The first-order valence-electron chi connectivity index (χ1n) is 5.71. The zero-order valence-corrected chi connectivity index (χ0v) is 9.99. The van der Waals surface area contributed by atoms with E-state index in [1.807, 2.05) is 61.9 Å². The smallest absolute Gasteiger partial charge is 0.0951 e. The Morgan fingerprint density at radius 2 is 1.83 bits per heavy atom. The van der Waals surface area contributed by atoms with E-state index in [2.05, 4.69) is 15.3 Å². The lowest BCUT2D eigenvalue weighted by Crippen LogP contribution is -1.95. The van der Waals surface area contributed by atoms with E-state index >= 15 is 0 Å². The second-order valence-corrected chi connectivity index (χ2v) is 4.07. The van der Waals surface area contributed by atoms with Crippen LogP contribution >= 0.6 is 0 Å². The molecule has 1 heterocycles. The van der Waals surface area contributed by atoms with E-state index in [4.69, 9.17) is 0 Å². The van der Waals surface area contributed by atoms with E-state index in [9.17, 15) is 0 Å². The topological polar surface area (TPSA) is 42.5 Å². The minimum atomic E-state index is 0.852. The predicted molar refractivity (Wildman–Crippen MR) is 70.4 cm³/mol. The summed E-state index contributed by atoms with van der Waals surface area (Å²) in [5.41, 5.74) is 3.86. The van der Waals surface area contributed by atoms with Gasteiger partial charge in [0.15, 0.2) is 0 Å². The highest BCUT2D eigenvalue weighted by Gasteiger charge is 2.09. The fraction of sp³-hybridized carbons (Fsp3) is 0.0714. The third-order valence-electron chi connectivity index (χ3n) is 2.73. The number of aryl methyl sites for hydroxylation is 1. The Balaban J connectivity index is 1.96. The van der Waals surface area contributed by atoms with Crippen molar-refractivity contribution in [3.8, 4) is 11.1 Å². The van der Waals surface area contributed by atoms with Crippen LogP contribution in [0, 0.1) is 0 Å². The van der Waals surface area contributed by atoms with Crippen molar-refractivity contribution in [1.29, 1.82) is 0 Å². The van der Waals surface area contributed by atoms with Gasteiger partial charge < -0.3 is 0 Å². The average molecular weight is 236 g/mol. The molecular weight excluding hydrogens is 224 g/mol. The zero-order valence-electron chi connectivity index (χ0n) is 9.99. The first kappa shape index (κ1) is 10.7. The van der Waals surface area contributed by atoms with Crippen LogP contribution in [0.3, 0.4) is 0 Å². The summed E-state index contributed by atoms with van der Waals surface area (Å²) in [5.74, 6) is 0. The maximum absolute atomic E-state index is 4.29. The number of hydrogen-bond donors (Lipinski definition) is 0. The van der Waals surface area contributed by atoms with Crippen LogP contribution < -0.4 is 0 Å². The molecule has 18 heavy (non-hydrogen) atoms. The molecule has 4 heteroatoms. The number of aromatic nitrogens is 2. The fourth-order valence-electron chi connectivity index (χ4n) is 1.82. The van der Waals surface area contributed by atoms with E-state index in [1.54, 1.807) is 4.68 Å². The molecule has 3 rings (SSSR count). The van der Waals surface area contributed by atoms with Gasteiger partial charge in [-0.05, 0) is 18.2 Å². The van der Waals surface area contributed by atoms with E-state index in [-0.39, 0.29) is 0 Å². The lowest BCUT2D eigenvalue weighted by atomic mass is 10.2. The van der Waals surface area contributed by atoms with Crippen molar-refractivity contribution in [1.82, 2.24) is 9.78 Å². The quantitative estimate of drug-likeness (QED) is 0.621. The molecule has 0 saturated carbocycles. The van der Waals surface area contributed by atoms with Gasteiger partial charge in [0.2, 0.25) is 0 Å². The van der Waals surface area contributed by atoms with Gasteiger partial charge in [-0.15, -0.1) is 5.11 Å². The Morgan fingerprint density at radius 3 is 2.67 bits per heavy atom. The van der Waals surface area contributed by atoms with Gasteiger partial charge in [0.25, 0.3) is 0 Å². The molecule has 0 N–H and O–H groups in total. The normalized spacial score (nSPS) is 11.4. The van der Waals surface area contributed by atoms with E-state index in [0.717, 1.165) is 22.5 Å². The van der Waals surface area contributed by atoms with Crippen molar-refractivity contribution < 1.29 is 0 Å². The van der Waals surface area contributed by atoms with Crippen LogP contribution in [-0.2, 0) is 7.05 Å². The predicted octanol–water partition coefficient (Wildman–Crippen LogP) is 3.94. The van der Waals surface area contributed by atoms with Gasteiger partial charge in [-0.1, -0.05) is 24.3 Å².